The Bertz CT molecular complexity index is 692. The minimum atomic E-state index is -0.939. The van der Waals surface area contributed by atoms with Crippen LogP contribution in [0.25, 0.3) is 0 Å². The van der Waals surface area contributed by atoms with Crippen molar-refractivity contribution in [3.05, 3.63) is 30.6 Å². The predicted octanol–water partition coefficient (Wildman–Crippen LogP) is 1.29. The van der Waals surface area contributed by atoms with Crippen LogP contribution in [0.1, 0.15) is 6.42 Å². The van der Waals surface area contributed by atoms with Crippen molar-refractivity contribution in [1.29, 1.82) is 0 Å². The second-order valence-electron chi connectivity index (χ2n) is 5.87. The van der Waals surface area contributed by atoms with Gasteiger partial charge < -0.3 is 9.80 Å². The summed E-state index contributed by atoms with van der Waals surface area (Å²) in [7, 11) is 3.43. The van der Waals surface area contributed by atoms with Crippen LogP contribution < -0.4 is 10.2 Å². The maximum atomic E-state index is 13.9. The fourth-order valence-corrected chi connectivity index (χ4v) is 2.86. The van der Waals surface area contributed by atoms with Crippen LogP contribution in [-0.4, -0.2) is 63.3 Å². The molecule has 0 unspecified atom stereocenters. The van der Waals surface area contributed by atoms with Crippen LogP contribution >= 0.6 is 0 Å². The molecule has 0 radical (unpaired) electrons. The summed E-state index contributed by atoms with van der Waals surface area (Å²) in [5.41, 5.74) is 0. The summed E-state index contributed by atoms with van der Waals surface area (Å²) in [5, 5.41) is 14.7. The SMILES string of the molecule is CN(C[C@@H]1C[C@H](F)CN1c1cccnn1)C(=O)Nc1ccnn1C. The van der Waals surface area contributed by atoms with Crippen LogP contribution in [-0.2, 0) is 7.05 Å². The molecule has 0 aliphatic carbocycles. The number of aromatic nitrogens is 4. The number of nitrogens with one attached hydrogen (secondary N) is 1. The standard InChI is InChI=1S/C15H20FN7O/c1-21(15(24)19-13-5-7-18-22(13)2)10-12-8-11(16)9-23(12)14-4-3-6-17-20-14/h3-7,11-12H,8-10H2,1-2H3,(H,19,24)/t11-,12-/m0/s1. The molecule has 0 bridgehead atoms. The molecule has 0 aromatic carbocycles. The highest BCUT2D eigenvalue weighted by Crippen LogP contribution is 2.25. The number of alkyl halides is 1. The minimum absolute atomic E-state index is 0.140. The van der Waals surface area contributed by atoms with E-state index in [4.69, 9.17) is 0 Å². The molecule has 3 rings (SSSR count). The molecule has 24 heavy (non-hydrogen) atoms. The van der Waals surface area contributed by atoms with Crippen molar-refractivity contribution in [3.8, 4) is 0 Å². The van der Waals surface area contributed by atoms with Gasteiger partial charge in [0.1, 0.15) is 12.0 Å². The second kappa shape index (κ2) is 6.81. The maximum absolute atomic E-state index is 13.9. The number of urea groups is 1. The normalized spacial score (nSPS) is 20.2. The molecule has 2 atom stereocenters. The van der Waals surface area contributed by atoms with Crippen molar-refractivity contribution < 1.29 is 9.18 Å². The average molecular weight is 333 g/mol. The third-order valence-electron chi connectivity index (χ3n) is 4.10. The quantitative estimate of drug-likeness (QED) is 0.912. The fourth-order valence-electron chi connectivity index (χ4n) is 2.86. The lowest BCUT2D eigenvalue weighted by atomic mass is 10.2. The van der Waals surface area contributed by atoms with Crippen LogP contribution in [0, 0.1) is 0 Å². The number of hydrogen-bond acceptors (Lipinski definition) is 5. The lowest BCUT2D eigenvalue weighted by molar-refractivity contribution is 0.218. The second-order valence-corrected chi connectivity index (χ2v) is 5.87. The summed E-state index contributed by atoms with van der Waals surface area (Å²) in [5.74, 6) is 1.23. The summed E-state index contributed by atoms with van der Waals surface area (Å²) in [6, 6.07) is 4.88. The van der Waals surface area contributed by atoms with Crippen molar-refractivity contribution in [2.24, 2.45) is 7.05 Å². The molecule has 1 fully saturated rings. The van der Waals surface area contributed by atoms with Gasteiger partial charge in [0.05, 0.1) is 18.8 Å². The molecule has 0 saturated carbocycles. The first-order valence-electron chi connectivity index (χ1n) is 7.73. The highest BCUT2D eigenvalue weighted by molar-refractivity contribution is 5.88. The first-order chi connectivity index (χ1) is 11.5. The van der Waals surface area contributed by atoms with Crippen molar-refractivity contribution in [1.82, 2.24) is 24.9 Å². The van der Waals surface area contributed by atoms with E-state index in [2.05, 4.69) is 20.6 Å². The van der Waals surface area contributed by atoms with Gasteiger partial charge in [-0.2, -0.15) is 10.2 Å². The molecule has 128 valence electrons. The number of hydrogen-bond donors (Lipinski definition) is 1. The number of amides is 2. The Morgan fingerprint density at radius 1 is 1.46 bits per heavy atom. The molecule has 1 aliphatic heterocycles. The zero-order valence-corrected chi connectivity index (χ0v) is 13.6. The first kappa shape index (κ1) is 16.2. The Balaban J connectivity index is 1.65. The highest BCUT2D eigenvalue weighted by atomic mass is 19.1. The van der Waals surface area contributed by atoms with E-state index in [0.29, 0.717) is 24.6 Å². The van der Waals surface area contributed by atoms with E-state index < -0.39 is 6.17 Å². The molecular weight excluding hydrogens is 313 g/mol. The van der Waals surface area contributed by atoms with Crippen LogP contribution in [0.15, 0.2) is 30.6 Å². The fraction of sp³-hybridized carbons (Fsp3) is 0.467. The van der Waals surface area contributed by atoms with Crippen LogP contribution in [0.3, 0.4) is 0 Å². The summed E-state index contributed by atoms with van der Waals surface area (Å²) < 4.78 is 15.5. The van der Waals surface area contributed by atoms with Crippen molar-refractivity contribution >= 4 is 17.7 Å². The van der Waals surface area contributed by atoms with Crippen molar-refractivity contribution in [2.45, 2.75) is 18.6 Å². The van der Waals surface area contributed by atoms with E-state index in [1.807, 2.05) is 4.90 Å². The molecule has 2 aromatic heterocycles. The van der Waals surface area contributed by atoms with E-state index in [1.54, 1.807) is 54.3 Å². The number of carbonyl (C=O) groups is 1. The Morgan fingerprint density at radius 3 is 2.96 bits per heavy atom. The molecule has 1 saturated heterocycles. The maximum Gasteiger partial charge on any atom is 0.322 e. The van der Waals surface area contributed by atoms with E-state index in [9.17, 15) is 9.18 Å². The topological polar surface area (TPSA) is 79.2 Å². The number of rotatable bonds is 4. The number of halogens is 1. The van der Waals surface area contributed by atoms with Gasteiger partial charge in [-0.15, -0.1) is 5.10 Å². The lowest BCUT2D eigenvalue weighted by Gasteiger charge is -2.28. The molecule has 1 N–H and O–H groups in total. The monoisotopic (exact) mass is 333 g/mol. The molecule has 8 nitrogen and oxygen atoms in total. The van der Waals surface area contributed by atoms with Crippen molar-refractivity contribution in [2.75, 3.05) is 30.4 Å². The molecule has 1 aliphatic rings. The van der Waals surface area contributed by atoms with E-state index in [-0.39, 0.29) is 18.6 Å². The zero-order valence-electron chi connectivity index (χ0n) is 13.6. The molecule has 2 aromatic rings. The van der Waals surface area contributed by atoms with Crippen LogP contribution in [0.5, 0.6) is 0 Å². The van der Waals surface area contributed by atoms with E-state index in [1.165, 1.54) is 0 Å². The largest absolute Gasteiger partial charge is 0.347 e. The molecule has 9 heteroatoms. The molecule has 3 heterocycles. The van der Waals surface area contributed by atoms with Gasteiger partial charge in [-0.25, -0.2) is 9.18 Å². The summed E-state index contributed by atoms with van der Waals surface area (Å²) in [4.78, 5) is 15.7. The first-order valence-corrected chi connectivity index (χ1v) is 7.73. The van der Waals surface area contributed by atoms with Crippen molar-refractivity contribution in [3.63, 3.8) is 0 Å². The predicted molar refractivity (Wildman–Crippen MR) is 87.5 cm³/mol. The van der Waals surface area contributed by atoms with Gasteiger partial charge in [-0.05, 0) is 12.1 Å². The van der Waals surface area contributed by atoms with Gasteiger partial charge in [0.15, 0.2) is 5.82 Å². The summed E-state index contributed by atoms with van der Waals surface area (Å²) >= 11 is 0. The zero-order chi connectivity index (χ0) is 17.1. The number of nitrogens with zero attached hydrogens (tertiary/aromatic N) is 6. The molecule has 0 spiro atoms. The van der Waals surface area contributed by atoms with Gasteiger partial charge in [0, 0.05) is 39.3 Å². The Morgan fingerprint density at radius 2 is 2.29 bits per heavy atom. The molecule has 2 amide bonds. The van der Waals surface area contributed by atoms with E-state index in [0.717, 1.165) is 0 Å². The van der Waals surface area contributed by atoms with Gasteiger partial charge in [0.25, 0.3) is 0 Å². The van der Waals surface area contributed by atoms with Gasteiger partial charge >= 0.3 is 6.03 Å². The van der Waals surface area contributed by atoms with Crippen LogP contribution in [0.2, 0.25) is 0 Å². The lowest BCUT2D eigenvalue weighted by Crippen LogP contribution is -2.43. The summed E-state index contributed by atoms with van der Waals surface area (Å²) in [6.45, 7) is 0.654. The molecular formula is C15H20FN7O. The summed E-state index contributed by atoms with van der Waals surface area (Å²) in [6.07, 6.45) is 2.61. The van der Waals surface area contributed by atoms with Gasteiger partial charge in [0.2, 0.25) is 0 Å². The van der Waals surface area contributed by atoms with E-state index >= 15 is 0 Å². The minimum Gasteiger partial charge on any atom is -0.347 e. The number of anilines is 2. The third-order valence-corrected chi connectivity index (χ3v) is 4.10. The van der Waals surface area contributed by atoms with Crippen LogP contribution in [0.4, 0.5) is 20.8 Å². The Labute approximate surface area is 139 Å². The number of aryl methyl sites for hydroxylation is 1. The number of likely N-dealkylation sites (N-methyl/N-ethyl adjacent to an activating group) is 1. The van der Waals surface area contributed by atoms with Gasteiger partial charge in [-0.3, -0.25) is 10.00 Å². The Kier molecular flexibility index (Phi) is 4.59. The third kappa shape index (κ3) is 3.44. The Hall–Kier alpha value is -2.71. The highest BCUT2D eigenvalue weighted by Gasteiger charge is 2.34. The average Bonchev–Trinajstić information content (AvgIpc) is 3.14. The smallest absolute Gasteiger partial charge is 0.322 e. The number of carbonyl (C=O) groups excluding carboxylic acids is 1. The van der Waals surface area contributed by atoms with Gasteiger partial charge in [-0.1, -0.05) is 0 Å².